The Balaban J connectivity index is 2.21. The van der Waals surface area contributed by atoms with Crippen molar-refractivity contribution in [3.63, 3.8) is 0 Å². The fraction of sp³-hybridized carbons (Fsp3) is 0.200. The van der Waals surface area contributed by atoms with Crippen molar-refractivity contribution in [1.29, 1.82) is 0 Å². The molecule has 2 rings (SSSR count). The van der Waals surface area contributed by atoms with Crippen LogP contribution in [0.3, 0.4) is 0 Å². The van der Waals surface area contributed by atoms with Crippen LogP contribution in [0.2, 0.25) is 0 Å². The molecule has 6 heteroatoms. The first-order valence-corrected chi connectivity index (χ1v) is 8.99. The van der Waals surface area contributed by atoms with E-state index in [0.717, 1.165) is 10.0 Å². The third kappa shape index (κ3) is 4.06. The first-order chi connectivity index (χ1) is 9.77. The third-order valence-electron chi connectivity index (χ3n) is 2.95. The molecule has 0 amide bonds. The Labute approximate surface area is 133 Å². The van der Waals surface area contributed by atoms with E-state index in [1.165, 1.54) is 18.4 Å². The highest BCUT2D eigenvalue weighted by Gasteiger charge is 2.09. The lowest BCUT2D eigenvalue weighted by molar-refractivity contribution is 0.481. The van der Waals surface area contributed by atoms with Crippen LogP contribution in [0.1, 0.15) is 18.5 Å². The fourth-order valence-electron chi connectivity index (χ4n) is 1.83. The Bertz CT molecular complexity index is 740. The zero-order valence-corrected chi connectivity index (χ0v) is 14.1. The van der Waals surface area contributed by atoms with Crippen molar-refractivity contribution in [1.82, 2.24) is 0 Å². The number of rotatable bonds is 4. The first kappa shape index (κ1) is 16.0. The summed E-state index contributed by atoms with van der Waals surface area (Å²) in [5.41, 5.74) is 6.84. The smallest absolute Gasteiger partial charge is 0.175 e. The van der Waals surface area contributed by atoms with E-state index < -0.39 is 9.84 Å². The lowest BCUT2D eigenvalue weighted by atomic mass is 10.1. The molecule has 0 spiro atoms. The number of halogens is 1. The molecule has 4 nitrogen and oxygen atoms in total. The molecule has 112 valence electrons. The van der Waals surface area contributed by atoms with Gasteiger partial charge in [-0.15, -0.1) is 0 Å². The van der Waals surface area contributed by atoms with Crippen LogP contribution >= 0.6 is 15.9 Å². The maximum atomic E-state index is 11.4. The minimum Gasteiger partial charge on any atom is -0.457 e. The molecule has 2 N–H and O–H groups in total. The highest BCUT2D eigenvalue weighted by molar-refractivity contribution is 9.10. The summed E-state index contributed by atoms with van der Waals surface area (Å²) in [7, 11) is -3.19. The van der Waals surface area contributed by atoms with Crippen LogP contribution in [-0.4, -0.2) is 14.7 Å². The van der Waals surface area contributed by atoms with E-state index in [2.05, 4.69) is 15.9 Å². The maximum absolute atomic E-state index is 11.4. The molecule has 1 atom stereocenters. The second kappa shape index (κ2) is 6.17. The SMILES string of the molecule is C[C@@H](N)c1ccc(Oc2ccc(S(C)(=O)=O)cc2)cc1Br. The van der Waals surface area contributed by atoms with E-state index in [1.54, 1.807) is 12.1 Å². The van der Waals surface area contributed by atoms with Crippen molar-refractivity contribution in [3.05, 3.63) is 52.5 Å². The van der Waals surface area contributed by atoms with Crippen LogP contribution in [-0.2, 0) is 9.84 Å². The van der Waals surface area contributed by atoms with Gasteiger partial charge < -0.3 is 10.5 Å². The van der Waals surface area contributed by atoms with Gasteiger partial charge in [0.1, 0.15) is 11.5 Å². The number of nitrogens with two attached hydrogens (primary N) is 1. The van der Waals surface area contributed by atoms with Crippen LogP contribution in [0.4, 0.5) is 0 Å². The number of ether oxygens (including phenoxy) is 1. The normalized spacial score (nSPS) is 13.0. The molecule has 0 aliphatic carbocycles. The summed E-state index contributed by atoms with van der Waals surface area (Å²) in [5.74, 6) is 1.22. The molecule has 21 heavy (non-hydrogen) atoms. The zero-order chi connectivity index (χ0) is 15.6. The molecule has 0 fully saturated rings. The number of sulfone groups is 1. The van der Waals surface area contributed by atoms with E-state index in [4.69, 9.17) is 10.5 Å². The summed E-state index contributed by atoms with van der Waals surface area (Å²) < 4.78 is 29.4. The molecular weight excluding hydrogens is 354 g/mol. The fourth-order valence-corrected chi connectivity index (χ4v) is 3.18. The van der Waals surface area contributed by atoms with Crippen molar-refractivity contribution in [2.45, 2.75) is 17.9 Å². The summed E-state index contributed by atoms with van der Waals surface area (Å²) in [4.78, 5) is 0.267. The Kier molecular flexibility index (Phi) is 4.70. The summed E-state index contributed by atoms with van der Waals surface area (Å²) in [5, 5.41) is 0. The van der Waals surface area contributed by atoms with E-state index in [9.17, 15) is 8.42 Å². The second-order valence-corrected chi connectivity index (χ2v) is 7.69. The molecule has 0 aliphatic heterocycles. The Hall–Kier alpha value is -1.37. The van der Waals surface area contributed by atoms with Crippen LogP contribution in [0.5, 0.6) is 11.5 Å². The van der Waals surface area contributed by atoms with Gasteiger partial charge in [0, 0.05) is 16.8 Å². The Morgan fingerprint density at radius 1 is 1.10 bits per heavy atom. The lowest BCUT2D eigenvalue weighted by Crippen LogP contribution is -2.05. The van der Waals surface area contributed by atoms with Crippen molar-refractivity contribution in [2.24, 2.45) is 5.73 Å². The second-order valence-electron chi connectivity index (χ2n) is 4.82. The minimum atomic E-state index is -3.19. The van der Waals surface area contributed by atoms with Gasteiger partial charge in [-0.1, -0.05) is 22.0 Å². The van der Waals surface area contributed by atoms with Crippen LogP contribution in [0.25, 0.3) is 0 Å². The lowest BCUT2D eigenvalue weighted by Gasteiger charge is -2.11. The minimum absolute atomic E-state index is 0.0672. The molecule has 0 radical (unpaired) electrons. The number of hydrogen-bond donors (Lipinski definition) is 1. The molecule has 2 aromatic rings. The van der Waals surface area contributed by atoms with Gasteiger partial charge in [-0.2, -0.15) is 0 Å². The average molecular weight is 370 g/mol. The predicted octanol–water partition coefficient (Wildman–Crippen LogP) is 3.66. The Morgan fingerprint density at radius 3 is 2.14 bits per heavy atom. The predicted molar refractivity (Wildman–Crippen MR) is 86.4 cm³/mol. The van der Waals surface area contributed by atoms with Crippen molar-refractivity contribution in [3.8, 4) is 11.5 Å². The molecule has 0 saturated heterocycles. The van der Waals surface area contributed by atoms with E-state index in [0.29, 0.717) is 11.5 Å². The third-order valence-corrected chi connectivity index (χ3v) is 4.77. The zero-order valence-electron chi connectivity index (χ0n) is 11.7. The van der Waals surface area contributed by atoms with Crippen molar-refractivity contribution in [2.75, 3.05) is 6.26 Å². The molecular formula is C15H16BrNO3S. The van der Waals surface area contributed by atoms with E-state index >= 15 is 0 Å². The molecule has 0 unspecified atom stereocenters. The molecule has 0 aromatic heterocycles. The summed E-state index contributed by atoms with van der Waals surface area (Å²) in [6.07, 6.45) is 1.17. The topological polar surface area (TPSA) is 69.4 Å². The maximum Gasteiger partial charge on any atom is 0.175 e. The molecule has 2 aromatic carbocycles. The Morgan fingerprint density at radius 2 is 1.67 bits per heavy atom. The summed E-state index contributed by atoms with van der Waals surface area (Å²) >= 11 is 3.46. The number of benzene rings is 2. The monoisotopic (exact) mass is 369 g/mol. The highest BCUT2D eigenvalue weighted by atomic mass is 79.9. The van der Waals surface area contributed by atoms with Crippen LogP contribution in [0.15, 0.2) is 51.8 Å². The number of hydrogen-bond acceptors (Lipinski definition) is 4. The van der Waals surface area contributed by atoms with Gasteiger partial charge >= 0.3 is 0 Å². The van der Waals surface area contributed by atoms with Crippen LogP contribution in [0, 0.1) is 0 Å². The van der Waals surface area contributed by atoms with Gasteiger partial charge in [-0.25, -0.2) is 8.42 Å². The highest BCUT2D eigenvalue weighted by Crippen LogP contribution is 2.29. The average Bonchev–Trinajstić information content (AvgIpc) is 2.38. The molecule has 0 aliphatic rings. The summed E-state index contributed by atoms with van der Waals surface area (Å²) in [6.45, 7) is 1.91. The van der Waals surface area contributed by atoms with Gasteiger partial charge in [-0.05, 0) is 48.9 Å². The van der Waals surface area contributed by atoms with Gasteiger partial charge in [-0.3, -0.25) is 0 Å². The van der Waals surface area contributed by atoms with Crippen molar-refractivity contribution < 1.29 is 13.2 Å². The van der Waals surface area contributed by atoms with Gasteiger partial charge in [0.25, 0.3) is 0 Å². The van der Waals surface area contributed by atoms with Gasteiger partial charge in [0.15, 0.2) is 9.84 Å². The van der Waals surface area contributed by atoms with E-state index in [1.807, 2.05) is 25.1 Å². The largest absolute Gasteiger partial charge is 0.457 e. The summed E-state index contributed by atoms with van der Waals surface area (Å²) in [6, 6.07) is 11.8. The molecule has 0 saturated carbocycles. The van der Waals surface area contributed by atoms with E-state index in [-0.39, 0.29) is 10.9 Å². The quantitative estimate of drug-likeness (QED) is 0.892. The van der Waals surface area contributed by atoms with Crippen LogP contribution < -0.4 is 10.5 Å². The standard InChI is InChI=1S/C15H16BrNO3S/c1-10(17)14-8-5-12(9-15(14)16)20-11-3-6-13(7-4-11)21(2,18)19/h3-10H,17H2,1-2H3/t10-/m1/s1. The van der Waals surface area contributed by atoms with Crippen molar-refractivity contribution >= 4 is 25.8 Å². The van der Waals surface area contributed by atoms with Gasteiger partial charge in [0.05, 0.1) is 4.90 Å². The molecule has 0 bridgehead atoms. The molecule has 0 heterocycles. The van der Waals surface area contributed by atoms with Gasteiger partial charge in [0.2, 0.25) is 0 Å². The first-order valence-electron chi connectivity index (χ1n) is 6.30.